The summed E-state index contributed by atoms with van der Waals surface area (Å²) in [5.41, 5.74) is 4.14. The van der Waals surface area contributed by atoms with Crippen LogP contribution in [0.2, 0.25) is 0 Å². The Morgan fingerprint density at radius 1 is 1.26 bits per heavy atom. The van der Waals surface area contributed by atoms with Crippen LogP contribution in [0.5, 0.6) is 5.75 Å². The highest BCUT2D eigenvalue weighted by molar-refractivity contribution is 5.96. The summed E-state index contributed by atoms with van der Waals surface area (Å²) in [6, 6.07) is 2.04. The number of nitrogens with zero attached hydrogens (tertiary/aromatic N) is 1. The Labute approximate surface area is 141 Å². The van der Waals surface area contributed by atoms with Crippen molar-refractivity contribution >= 4 is 5.91 Å². The molecule has 0 fully saturated rings. The normalized spacial score (nSPS) is 10.5. The molecule has 1 aromatic rings. The van der Waals surface area contributed by atoms with Crippen molar-refractivity contribution in [3.05, 3.63) is 41.0 Å². The van der Waals surface area contributed by atoms with Gasteiger partial charge in [0.05, 0.1) is 0 Å². The topological polar surface area (TPSA) is 29.5 Å². The molecule has 3 nitrogen and oxygen atoms in total. The van der Waals surface area contributed by atoms with E-state index in [1.54, 1.807) is 6.08 Å². The Morgan fingerprint density at radius 3 is 2.39 bits per heavy atom. The third-order valence-corrected chi connectivity index (χ3v) is 4.24. The van der Waals surface area contributed by atoms with Gasteiger partial charge >= 0.3 is 0 Å². The second-order valence-corrected chi connectivity index (χ2v) is 5.70. The fraction of sp³-hybridized carbons (Fsp3) is 0.550. The Hall–Kier alpha value is -1.77. The first-order chi connectivity index (χ1) is 11.0. The largest absolute Gasteiger partial charge is 0.489 e. The first-order valence-electron chi connectivity index (χ1n) is 8.73. The molecule has 0 aliphatic heterocycles. The fourth-order valence-corrected chi connectivity index (χ4v) is 2.98. The number of benzene rings is 1. The Kier molecular flexibility index (Phi) is 7.87. The maximum atomic E-state index is 12.8. The molecule has 0 aliphatic rings. The molecule has 0 heterocycles. The van der Waals surface area contributed by atoms with Crippen molar-refractivity contribution in [2.75, 3.05) is 19.7 Å². The highest BCUT2D eigenvalue weighted by Gasteiger charge is 2.21. The van der Waals surface area contributed by atoms with Gasteiger partial charge in [-0.25, -0.2) is 0 Å². The van der Waals surface area contributed by atoms with Crippen LogP contribution < -0.4 is 4.74 Å². The first-order valence-corrected chi connectivity index (χ1v) is 8.73. The van der Waals surface area contributed by atoms with E-state index < -0.39 is 0 Å². The van der Waals surface area contributed by atoms with Crippen LogP contribution in [-0.4, -0.2) is 30.5 Å². The number of carbonyl (C=O) groups is 1. The summed E-state index contributed by atoms with van der Waals surface area (Å²) >= 11 is 0. The molecule has 128 valence electrons. The molecular formula is C20H31NO2. The second kappa shape index (κ2) is 9.39. The van der Waals surface area contributed by atoms with Gasteiger partial charge in [0, 0.05) is 18.7 Å². The average Bonchev–Trinajstić information content (AvgIpc) is 2.55. The predicted molar refractivity (Wildman–Crippen MR) is 97.5 cm³/mol. The predicted octanol–water partition coefficient (Wildman–Crippen LogP) is 4.56. The van der Waals surface area contributed by atoms with Gasteiger partial charge in [-0.1, -0.05) is 32.9 Å². The number of aryl methyl sites for hydroxylation is 1. The van der Waals surface area contributed by atoms with Crippen LogP contribution in [0.3, 0.4) is 0 Å². The smallest absolute Gasteiger partial charge is 0.254 e. The first kappa shape index (κ1) is 19.3. The molecule has 1 amide bonds. The highest BCUT2D eigenvalue weighted by atomic mass is 16.5. The van der Waals surface area contributed by atoms with Gasteiger partial charge in [0.2, 0.25) is 0 Å². The van der Waals surface area contributed by atoms with Crippen molar-refractivity contribution in [3.63, 3.8) is 0 Å². The lowest BCUT2D eigenvalue weighted by Gasteiger charge is -2.23. The molecule has 3 heteroatoms. The van der Waals surface area contributed by atoms with Crippen molar-refractivity contribution in [3.8, 4) is 5.75 Å². The van der Waals surface area contributed by atoms with E-state index in [4.69, 9.17) is 4.74 Å². The Bertz CT molecular complexity index is 545. The van der Waals surface area contributed by atoms with Gasteiger partial charge in [-0.05, 0) is 56.4 Å². The van der Waals surface area contributed by atoms with Crippen molar-refractivity contribution in [1.29, 1.82) is 0 Å². The quantitative estimate of drug-likeness (QED) is 0.625. The van der Waals surface area contributed by atoms with Gasteiger partial charge in [-0.2, -0.15) is 0 Å². The monoisotopic (exact) mass is 317 g/mol. The zero-order valence-corrected chi connectivity index (χ0v) is 15.4. The third kappa shape index (κ3) is 4.37. The molecular weight excluding hydrogens is 286 g/mol. The lowest BCUT2D eigenvalue weighted by Crippen LogP contribution is -2.31. The van der Waals surface area contributed by atoms with Crippen LogP contribution in [0.15, 0.2) is 18.7 Å². The van der Waals surface area contributed by atoms with Crippen molar-refractivity contribution in [2.45, 2.75) is 53.9 Å². The molecule has 1 rings (SSSR count). The Balaban J connectivity index is 3.46. The standard InChI is InChI=1S/C20H31NO2/c1-7-12-16-14-18(20(22)21(10-4)11-5)15(6)17(9-3)19(16)23-13-8-2/h8,14H,2,7,9-13H2,1,3-6H3. The van der Waals surface area contributed by atoms with E-state index in [0.29, 0.717) is 6.61 Å². The van der Waals surface area contributed by atoms with Gasteiger partial charge in [-0.15, -0.1) is 0 Å². The maximum Gasteiger partial charge on any atom is 0.254 e. The number of carbonyl (C=O) groups excluding carboxylic acids is 1. The summed E-state index contributed by atoms with van der Waals surface area (Å²) in [5, 5.41) is 0. The van der Waals surface area contributed by atoms with Crippen LogP contribution >= 0.6 is 0 Å². The summed E-state index contributed by atoms with van der Waals surface area (Å²) < 4.78 is 5.95. The van der Waals surface area contributed by atoms with E-state index in [-0.39, 0.29) is 5.91 Å². The second-order valence-electron chi connectivity index (χ2n) is 5.70. The molecule has 1 aromatic carbocycles. The fourth-order valence-electron chi connectivity index (χ4n) is 2.98. The van der Waals surface area contributed by atoms with Gasteiger partial charge < -0.3 is 9.64 Å². The van der Waals surface area contributed by atoms with E-state index >= 15 is 0 Å². The molecule has 0 spiro atoms. The van der Waals surface area contributed by atoms with E-state index in [9.17, 15) is 4.79 Å². The molecule has 0 aromatic heterocycles. The summed E-state index contributed by atoms with van der Waals surface area (Å²) in [5.74, 6) is 1.07. The van der Waals surface area contributed by atoms with Crippen molar-refractivity contribution in [1.82, 2.24) is 4.90 Å². The van der Waals surface area contributed by atoms with E-state index in [0.717, 1.165) is 60.4 Å². The van der Waals surface area contributed by atoms with Gasteiger partial charge in [-0.3, -0.25) is 4.79 Å². The summed E-state index contributed by atoms with van der Waals surface area (Å²) in [7, 11) is 0. The number of hydrogen-bond acceptors (Lipinski definition) is 2. The molecule has 0 saturated carbocycles. The minimum absolute atomic E-state index is 0.120. The summed E-state index contributed by atoms with van der Waals surface area (Å²) in [4.78, 5) is 14.7. The van der Waals surface area contributed by atoms with Crippen LogP contribution in [0.4, 0.5) is 0 Å². The molecule has 0 aliphatic carbocycles. The molecule has 23 heavy (non-hydrogen) atoms. The molecule has 0 radical (unpaired) electrons. The molecule has 0 unspecified atom stereocenters. The number of ether oxygens (including phenoxy) is 1. The van der Waals surface area contributed by atoms with Crippen molar-refractivity contribution in [2.24, 2.45) is 0 Å². The lowest BCUT2D eigenvalue weighted by molar-refractivity contribution is 0.0772. The van der Waals surface area contributed by atoms with Gasteiger partial charge in [0.25, 0.3) is 5.91 Å². The van der Waals surface area contributed by atoms with Gasteiger partial charge in [0.15, 0.2) is 0 Å². The van der Waals surface area contributed by atoms with Crippen LogP contribution in [0.1, 0.15) is 61.2 Å². The number of amides is 1. The molecule has 0 saturated heterocycles. The van der Waals surface area contributed by atoms with Crippen LogP contribution in [0, 0.1) is 6.92 Å². The summed E-state index contributed by atoms with van der Waals surface area (Å²) in [6.07, 6.45) is 4.56. The Morgan fingerprint density at radius 2 is 1.91 bits per heavy atom. The lowest BCUT2D eigenvalue weighted by atomic mass is 9.93. The summed E-state index contributed by atoms with van der Waals surface area (Å²) in [6.45, 7) is 16.0. The van der Waals surface area contributed by atoms with Gasteiger partial charge in [0.1, 0.15) is 12.4 Å². The molecule has 0 atom stereocenters. The van der Waals surface area contributed by atoms with Crippen LogP contribution in [-0.2, 0) is 12.8 Å². The maximum absolute atomic E-state index is 12.8. The van der Waals surface area contributed by atoms with E-state index in [1.807, 2.05) is 31.7 Å². The minimum atomic E-state index is 0.120. The van der Waals surface area contributed by atoms with E-state index in [1.165, 1.54) is 0 Å². The molecule has 0 N–H and O–H groups in total. The van der Waals surface area contributed by atoms with Crippen LogP contribution in [0.25, 0.3) is 0 Å². The third-order valence-electron chi connectivity index (χ3n) is 4.24. The SMILES string of the molecule is C=CCOc1c(CCC)cc(C(=O)N(CC)CC)c(C)c1CC. The van der Waals surface area contributed by atoms with Crippen molar-refractivity contribution < 1.29 is 9.53 Å². The zero-order chi connectivity index (χ0) is 17.4. The average molecular weight is 317 g/mol. The van der Waals surface area contributed by atoms with E-state index in [2.05, 4.69) is 20.4 Å². The minimum Gasteiger partial charge on any atom is -0.489 e. The number of rotatable bonds is 9. The molecule has 0 bridgehead atoms. The zero-order valence-electron chi connectivity index (χ0n) is 15.4. The number of hydrogen-bond donors (Lipinski definition) is 0. The highest BCUT2D eigenvalue weighted by Crippen LogP contribution is 2.32.